The summed E-state index contributed by atoms with van der Waals surface area (Å²) in [4.78, 5) is 4.53. The Morgan fingerprint density at radius 3 is 2.64 bits per heavy atom. The van der Waals surface area contributed by atoms with Crippen molar-refractivity contribution < 1.29 is 13.9 Å². The van der Waals surface area contributed by atoms with Gasteiger partial charge < -0.3 is 9.67 Å². The molecule has 3 aromatic rings. The number of halogens is 2. The van der Waals surface area contributed by atoms with Crippen molar-refractivity contribution in [1.29, 1.82) is 0 Å². The highest BCUT2D eigenvalue weighted by molar-refractivity contribution is 5.75. The van der Waals surface area contributed by atoms with Crippen LogP contribution in [0.3, 0.4) is 0 Å². The van der Waals surface area contributed by atoms with E-state index in [-0.39, 0.29) is 6.54 Å². The van der Waals surface area contributed by atoms with E-state index in [0.29, 0.717) is 5.56 Å². The first-order valence-corrected chi connectivity index (χ1v) is 7.17. The molecule has 1 N–H and O–H groups in total. The topological polar surface area (TPSA) is 38.0 Å². The second kappa shape index (κ2) is 5.85. The minimum atomic E-state index is -0.956. The molecule has 2 aromatic carbocycles. The molecule has 3 nitrogen and oxygen atoms in total. The molecule has 0 bridgehead atoms. The van der Waals surface area contributed by atoms with Crippen LogP contribution in [-0.2, 0) is 13.0 Å². The van der Waals surface area contributed by atoms with E-state index >= 15 is 0 Å². The van der Waals surface area contributed by atoms with Crippen LogP contribution in [0.4, 0.5) is 8.78 Å². The number of benzene rings is 2. The van der Waals surface area contributed by atoms with E-state index in [9.17, 15) is 13.9 Å². The molecule has 1 aromatic heterocycles. The van der Waals surface area contributed by atoms with Gasteiger partial charge in [0.25, 0.3) is 0 Å². The number of hydrogen-bond acceptors (Lipinski definition) is 2. The zero-order chi connectivity index (χ0) is 15.7. The molecule has 1 unspecified atom stereocenters. The average molecular weight is 302 g/mol. The fourth-order valence-corrected chi connectivity index (χ4v) is 2.60. The van der Waals surface area contributed by atoms with E-state index in [1.807, 2.05) is 35.8 Å². The molecule has 1 heterocycles. The second-order valence-corrected chi connectivity index (χ2v) is 5.17. The molecule has 0 saturated carbocycles. The highest BCUT2D eigenvalue weighted by atomic mass is 19.2. The van der Waals surface area contributed by atoms with Gasteiger partial charge in [0.1, 0.15) is 5.82 Å². The van der Waals surface area contributed by atoms with Gasteiger partial charge in [-0.3, -0.25) is 0 Å². The molecule has 0 aliphatic carbocycles. The fraction of sp³-hybridized carbons (Fsp3) is 0.235. The Morgan fingerprint density at radius 1 is 1.14 bits per heavy atom. The van der Waals surface area contributed by atoms with Crippen LogP contribution in [0.2, 0.25) is 0 Å². The first-order chi connectivity index (χ1) is 10.6. The Labute approximate surface area is 126 Å². The summed E-state index contributed by atoms with van der Waals surface area (Å²) in [6.07, 6.45) is -0.211. The molecule has 3 rings (SSSR count). The lowest BCUT2D eigenvalue weighted by molar-refractivity contribution is 0.156. The number of aromatic nitrogens is 2. The first kappa shape index (κ1) is 14.7. The van der Waals surface area contributed by atoms with Crippen molar-refractivity contribution in [2.45, 2.75) is 26.0 Å². The maximum atomic E-state index is 13.3. The van der Waals surface area contributed by atoms with E-state index in [0.717, 1.165) is 35.4 Å². The van der Waals surface area contributed by atoms with Gasteiger partial charge in [0.2, 0.25) is 0 Å². The molecule has 114 valence electrons. The molecule has 0 fully saturated rings. The third-order valence-corrected chi connectivity index (χ3v) is 3.73. The predicted molar refractivity (Wildman–Crippen MR) is 80.4 cm³/mol. The third kappa shape index (κ3) is 2.60. The Balaban J connectivity index is 1.96. The fourth-order valence-electron chi connectivity index (χ4n) is 2.60. The van der Waals surface area contributed by atoms with Gasteiger partial charge in [0.15, 0.2) is 11.6 Å². The number of aliphatic hydroxyl groups is 1. The number of para-hydroxylation sites is 2. The number of nitrogens with zero attached hydrogens (tertiary/aromatic N) is 2. The maximum Gasteiger partial charge on any atom is 0.159 e. The highest BCUT2D eigenvalue weighted by Crippen LogP contribution is 2.22. The van der Waals surface area contributed by atoms with Crippen molar-refractivity contribution in [3.8, 4) is 0 Å². The lowest BCUT2D eigenvalue weighted by Crippen LogP contribution is -2.11. The molecule has 0 aliphatic heterocycles. The summed E-state index contributed by atoms with van der Waals surface area (Å²) in [7, 11) is 0. The van der Waals surface area contributed by atoms with E-state index < -0.39 is 17.7 Å². The third-order valence-electron chi connectivity index (χ3n) is 3.73. The van der Waals surface area contributed by atoms with Crippen LogP contribution in [0.5, 0.6) is 0 Å². The minimum Gasteiger partial charge on any atom is -0.387 e. The van der Waals surface area contributed by atoms with Crippen LogP contribution < -0.4 is 0 Å². The number of fused-ring (bicyclic) bond motifs is 1. The number of aliphatic hydroxyl groups excluding tert-OH is 1. The zero-order valence-corrected chi connectivity index (χ0v) is 12.1. The van der Waals surface area contributed by atoms with Gasteiger partial charge in [-0.15, -0.1) is 0 Å². The number of hydrogen-bond donors (Lipinski definition) is 1. The molecule has 22 heavy (non-hydrogen) atoms. The number of rotatable bonds is 4. The largest absolute Gasteiger partial charge is 0.387 e. The van der Waals surface area contributed by atoms with Crippen LogP contribution in [0.25, 0.3) is 11.0 Å². The molecule has 5 heteroatoms. The van der Waals surface area contributed by atoms with E-state index in [1.54, 1.807) is 0 Å². The summed E-state index contributed by atoms with van der Waals surface area (Å²) in [5.41, 5.74) is 2.12. The van der Waals surface area contributed by atoms with Crippen LogP contribution in [-0.4, -0.2) is 14.7 Å². The van der Waals surface area contributed by atoms with Crippen molar-refractivity contribution in [1.82, 2.24) is 9.55 Å². The van der Waals surface area contributed by atoms with Crippen molar-refractivity contribution >= 4 is 11.0 Å². The van der Waals surface area contributed by atoms with Crippen LogP contribution >= 0.6 is 0 Å². The van der Waals surface area contributed by atoms with Gasteiger partial charge in [-0.1, -0.05) is 25.1 Å². The molecule has 0 spiro atoms. The smallest absolute Gasteiger partial charge is 0.159 e. The van der Waals surface area contributed by atoms with Crippen LogP contribution in [0, 0.1) is 11.6 Å². The van der Waals surface area contributed by atoms with E-state index in [1.165, 1.54) is 6.07 Å². The summed E-state index contributed by atoms with van der Waals surface area (Å²) < 4.78 is 28.2. The van der Waals surface area contributed by atoms with E-state index in [2.05, 4.69) is 4.98 Å². The summed E-state index contributed by atoms with van der Waals surface area (Å²) in [5, 5.41) is 10.3. The standard InChI is InChI=1S/C17H16F2N2O/c1-2-17-20-14-5-3-4-6-15(14)21(17)10-16(22)11-7-8-12(18)13(19)9-11/h3-9,16,22H,2,10H2,1H3. The molecule has 0 aliphatic rings. The average Bonchev–Trinajstić information content (AvgIpc) is 2.88. The van der Waals surface area contributed by atoms with Gasteiger partial charge in [0.05, 0.1) is 23.7 Å². The Kier molecular flexibility index (Phi) is 3.90. The summed E-state index contributed by atoms with van der Waals surface area (Å²) >= 11 is 0. The van der Waals surface area contributed by atoms with E-state index in [4.69, 9.17) is 0 Å². The lowest BCUT2D eigenvalue weighted by Gasteiger charge is -2.15. The van der Waals surface area contributed by atoms with Gasteiger partial charge in [-0.05, 0) is 29.8 Å². The maximum absolute atomic E-state index is 13.3. The van der Waals surface area contributed by atoms with Gasteiger partial charge in [-0.2, -0.15) is 0 Å². The molecular weight excluding hydrogens is 286 g/mol. The highest BCUT2D eigenvalue weighted by Gasteiger charge is 2.15. The second-order valence-electron chi connectivity index (χ2n) is 5.17. The zero-order valence-electron chi connectivity index (χ0n) is 12.1. The molecule has 0 amide bonds. The normalized spacial score (nSPS) is 12.7. The van der Waals surface area contributed by atoms with Crippen LogP contribution in [0.1, 0.15) is 24.4 Å². The summed E-state index contributed by atoms with van der Waals surface area (Å²) in [6, 6.07) is 11.1. The van der Waals surface area contributed by atoms with Gasteiger partial charge in [0, 0.05) is 6.42 Å². The van der Waals surface area contributed by atoms with Crippen molar-refractivity contribution in [2.24, 2.45) is 0 Å². The molecule has 0 radical (unpaired) electrons. The number of aryl methyl sites for hydroxylation is 1. The quantitative estimate of drug-likeness (QED) is 0.799. The Hall–Kier alpha value is -2.27. The van der Waals surface area contributed by atoms with Gasteiger partial charge >= 0.3 is 0 Å². The molecule has 1 atom stereocenters. The summed E-state index contributed by atoms with van der Waals surface area (Å²) in [6.45, 7) is 2.23. The predicted octanol–water partition coefficient (Wildman–Crippen LogP) is 3.61. The van der Waals surface area contributed by atoms with Gasteiger partial charge in [-0.25, -0.2) is 13.8 Å². The van der Waals surface area contributed by atoms with Crippen molar-refractivity contribution in [2.75, 3.05) is 0 Å². The monoisotopic (exact) mass is 302 g/mol. The summed E-state index contributed by atoms with van der Waals surface area (Å²) in [5.74, 6) is -1.02. The Bertz CT molecular complexity index is 814. The molecule has 0 saturated heterocycles. The van der Waals surface area contributed by atoms with Crippen LogP contribution in [0.15, 0.2) is 42.5 Å². The number of imidazole rings is 1. The molecular formula is C17H16F2N2O. The van der Waals surface area contributed by atoms with Crippen molar-refractivity contribution in [3.05, 3.63) is 65.5 Å². The SMILES string of the molecule is CCc1nc2ccccc2n1CC(O)c1ccc(F)c(F)c1. The first-order valence-electron chi connectivity index (χ1n) is 7.17. The minimum absolute atomic E-state index is 0.245. The van der Waals surface area contributed by atoms with Crippen molar-refractivity contribution in [3.63, 3.8) is 0 Å². The lowest BCUT2D eigenvalue weighted by atomic mass is 10.1. The Morgan fingerprint density at radius 2 is 1.91 bits per heavy atom.